The van der Waals surface area contributed by atoms with E-state index in [2.05, 4.69) is 37.9 Å². The summed E-state index contributed by atoms with van der Waals surface area (Å²) in [4.78, 5) is 4.91. The van der Waals surface area contributed by atoms with E-state index < -0.39 is 0 Å². The summed E-state index contributed by atoms with van der Waals surface area (Å²) >= 11 is 1.82. The Morgan fingerprint density at radius 2 is 2.18 bits per heavy atom. The van der Waals surface area contributed by atoms with Gasteiger partial charge in [-0.2, -0.15) is 0 Å². The molecule has 0 aliphatic carbocycles. The van der Waals surface area contributed by atoms with Gasteiger partial charge in [-0.15, -0.1) is 11.3 Å². The summed E-state index contributed by atoms with van der Waals surface area (Å²) in [6.07, 6.45) is 1.76. The van der Waals surface area contributed by atoms with Crippen LogP contribution in [0.1, 0.15) is 35.6 Å². The topological polar surface area (TPSA) is 49.5 Å². The van der Waals surface area contributed by atoms with Crippen molar-refractivity contribution >= 4 is 11.3 Å². The molecule has 0 radical (unpaired) electrons. The van der Waals surface area contributed by atoms with Gasteiger partial charge in [0.25, 0.3) is 0 Å². The van der Waals surface area contributed by atoms with Crippen LogP contribution < -0.4 is 5.73 Å². The fourth-order valence-corrected chi connectivity index (χ4v) is 3.17. The summed E-state index contributed by atoms with van der Waals surface area (Å²) in [5.74, 6) is 0. The third-order valence-electron chi connectivity index (χ3n) is 3.07. The predicted molar refractivity (Wildman–Crippen MR) is 74.4 cm³/mol. The van der Waals surface area contributed by atoms with Gasteiger partial charge in [0.1, 0.15) is 0 Å². The van der Waals surface area contributed by atoms with E-state index in [0.717, 1.165) is 19.4 Å². The van der Waals surface area contributed by atoms with Gasteiger partial charge in [0, 0.05) is 28.9 Å². The summed E-state index contributed by atoms with van der Waals surface area (Å²) in [7, 11) is 2.09. The fourth-order valence-electron chi connectivity index (χ4n) is 2.05. The monoisotopic (exact) mass is 256 g/mol. The minimum atomic E-state index is 0.150. The van der Waals surface area contributed by atoms with Crippen LogP contribution in [-0.4, -0.2) is 36.2 Å². The largest absolute Gasteiger partial charge is 0.396 e. The van der Waals surface area contributed by atoms with Crippen LogP contribution in [-0.2, 0) is 0 Å². The van der Waals surface area contributed by atoms with Gasteiger partial charge >= 0.3 is 0 Å². The number of thiophene rings is 1. The maximum atomic E-state index is 8.91. The number of aliphatic hydroxyl groups excluding tert-OH is 1. The Hall–Kier alpha value is -0.420. The van der Waals surface area contributed by atoms with E-state index >= 15 is 0 Å². The van der Waals surface area contributed by atoms with Crippen LogP contribution in [0.15, 0.2) is 12.1 Å². The van der Waals surface area contributed by atoms with E-state index in [-0.39, 0.29) is 18.7 Å². The molecule has 0 aliphatic heterocycles. The second-order valence-corrected chi connectivity index (χ2v) is 5.84. The summed E-state index contributed by atoms with van der Waals surface area (Å²) in [6.45, 7) is 5.36. The zero-order chi connectivity index (χ0) is 12.8. The molecule has 0 saturated heterocycles. The summed E-state index contributed by atoms with van der Waals surface area (Å²) < 4.78 is 0. The minimum absolute atomic E-state index is 0.150. The van der Waals surface area contributed by atoms with Crippen molar-refractivity contribution in [1.29, 1.82) is 0 Å². The molecule has 0 fully saturated rings. The van der Waals surface area contributed by atoms with E-state index in [1.54, 1.807) is 0 Å². The molecular weight excluding hydrogens is 232 g/mol. The first-order chi connectivity index (χ1) is 8.10. The van der Waals surface area contributed by atoms with Crippen molar-refractivity contribution in [3.63, 3.8) is 0 Å². The van der Waals surface area contributed by atoms with Crippen LogP contribution in [0.4, 0.5) is 0 Å². The van der Waals surface area contributed by atoms with Gasteiger partial charge in [-0.05, 0) is 38.9 Å². The lowest BCUT2D eigenvalue weighted by Gasteiger charge is -2.31. The maximum Gasteiger partial charge on any atom is 0.0591 e. The number of aliphatic hydroxyl groups is 1. The molecule has 17 heavy (non-hydrogen) atoms. The highest BCUT2D eigenvalue weighted by Gasteiger charge is 2.23. The highest BCUT2D eigenvalue weighted by atomic mass is 32.1. The Labute approximate surface area is 108 Å². The molecule has 1 rings (SSSR count). The quantitative estimate of drug-likeness (QED) is 0.786. The number of nitrogens with zero attached hydrogens (tertiary/aromatic N) is 1. The Balaban J connectivity index is 2.80. The van der Waals surface area contributed by atoms with Crippen molar-refractivity contribution < 1.29 is 5.11 Å². The van der Waals surface area contributed by atoms with Gasteiger partial charge in [-0.3, -0.25) is 4.90 Å². The van der Waals surface area contributed by atoms with Crippen LogP contribution in [0.2, 0.25) is 0 Å². The van der Waals surface area contributed by atoms with E-state index in [0.29, 0.717) is 0 Å². The average molecular weight is 256 g/mol. The lowest BCUT2D eigenvalue weighted by atomic mass is 10.0. The van der Waals surface area contributed by atoms with Gasteiger partial charge in [0.05, 0.1) is 6.04 Å². The van der Waals surface area contributed by atoms with Crippen molar-refractivity contribution in [2.45, 2.75) is 38.8 Å². The highest BCUT2D eigenvalue weighted by molar-refractivity contribution is 7.12. The smallest absolute Gasteiger partial charge is 0.0591 e. The molecule has 1 heterocycles. The molecule has 2 atom stereocenters. The number of rotatable bonds is 7. The van der Waals surface area contributed by atoms with E-state index in [1.165, 1.54) is 9.75 Å². The first-order valence-electron chi connectivity index (χ1n) is 6.23. The lowest BCUT2D eigenvalue weighted by molar-refractivity contribution is 0.187. The molecular formula is C13H24N2OS. The normalized spacial score (nSPS) is 15.2. The SMILES string of the molecule is CCC(N)C(c1ccc(C)s1)N(C)CCCO. The van der Waals surface area contributed by atoms with Crippen molar-refractivity contribution in [2.75, 3.05) is 20.2 Å². The molecule has 0 amide bonds. The zero-order valence-electron chi connectivity index (χ0n) is 11.0. The van der Waals surface area contributed by atoms with Crippen molar-refractivity contribution in [3.05, 3.63) is 21.9 Å². The van der Waals surface area contributed by atoms with Gasteiger partial charge in [0.15, 0.2) is 0 Å². The minimum Gasteiger partial charge on any atom is -0.396 e. The van der Waals surface area contributed by atoms with Crippen LogP contribution >= 0.6 is 11.3 Å². The van der Waals surface area contributed by atoms with Gasteiger partial charge in [-0.25, -0.2) is 0 Å². The second-order valence-electron chi connectivity index (χ2n) is 4.52. The Morgan fingerprint density at radius 3 is 2.65 bits per heavy atom. The standard InChI is InChI=1S/C13H24N2OS/c1-4-11(14)13(15(3)8-5-9-16)12-7-6-10(2)17-12/h6-7,11,13,16H,4-5,8-9,14H2,1-3H3. The Morgan fingerprint density at radius 1 is 1.47 bits per heavy atom. The third kappa shape index (κ3) is 4.07. The van der Waals surface area contributed by atoms with E-state index in [4.69, 9.17) is 10.8 Å². The third-order valence-corrected chi connectivity index (χ3v) is 4.14. The molecule has 1 aromatic rings. The highest BCUT2D eigenvalue weighted by Crippen LogP contribution is 2.29. The average Bonchev–Trinajstić information content (AvgIpc) is 2.73. The Kier molecular flexibility index (Phi) is 6.12. The molecule has 0 aromatic carbocycles. The van der Waals surface area contributed by atoms with Crippen molar-refractivity contribution in [2.24, 2.45) is 5.73 Å². The van der Waals surface area contributed by atoms with Gasteiger partial charge < -0.3 is 10.8 Å². The number of nitrogens with two attached hydrogens (primary N) is 1. The fraction of sp³-hybridized carbons (Fsp3) is 0.692. The first-order valence-corrected chi connectivity index (χ1v) is 7.04. The first kappa shape index (κ1) is 14.6. The molecule has 0 spiro atoms. The molecule has 3 nitrogen and oxygen atoms in total. The summed E-state index contributed by atoms with van der Waals surface area (Å²) in [6, 6.07) is 4.74. The molecule has 0 bridgehead atoms. The molecule has 1 aromatic heterocycles. The second kappa shape index (κ2) is 7.11. The van der Waals surface area contributed by atoms with E-state index in [1.807, 2.05) is 11.3 Å². The Bertz CT molecular complexity index is 327. The predicted octanol–water partition coefficient (Wildman–Crippen LogP) is 2.15. The molecule has 2 unspecified atom stereocenters. The zero-order valence-corrected chi connectivity index (χ0v) is 11.8. The summed E-state index contributed by atoms with van der Waals surface area (Å²) in [5, 5.41) is 8.91. The number of hydrogen-bond acceptors (Lipinski definition) is 4. The number of likely N-dealkylation sites (N-methyl/N-ethyl adjacent to an activating group) is 1. The van der Waals surface area contributed by atoms with Crippen molar-refractivity contribution in [1.82, 2.24) is 4.90 Å². The summed E-state index contributed by atoms with van der Waals surface area (Å²) in [5.41, 5.74) is 6.23. The van der Waals surface area contributed by atoms with Crippen LogP contribution in [0.5, 0.6) is 0 Å². The molecule has 0 saturated carbocycles. The van der Waals surface area contributed by atoms with Crippen LogP contribution in [0, 0.1) is 6.92 Å². The molecule has 4 heteroatoms. The van der Waals surface area contributed by atoms with Crippen LogP contribution in [0.3, 0.4) is 0 Å². The maximum absolute atomic E-state index is 8.91. The molecule has 3 N–H and O–H groups in total. The van der Waals surface area contributed by atoms with Crippen LogP contribution in [0.25, 0.3) is 0 Å². The van der Waals surface area contributed by atoms with Gasteiger partial charge in [0.2, 0.25) is 0 Å². The molecule has 0 aliphatic rings. The number of aryl methyl sites for hydroxylation is 1. The molecule has 98 valence electrons. The number of hydrogen-bond donors (Lipinski definition) is 2. The van der Waals surface area contributed by atoms with Gasteiger partial charge in [-0.1, -0.05) is 6.92 Å². The van der Waals surface area contributed by atoms with Crippen molar-refractivity contribution in [3.8, 4) is 0 Å². The lowest BCUT2D eigenvalue weighted by Crippen LogP contribution is -2.39. The van der Waals surface area contributed by atoms with E-state index in [9.17, 15) is 0 Å².